The van der Waals surface area contributed by atoms with Crippen LogP contribution in [-0.4, -0.2) is 5.91 Å². The third kappa shape index (κ3) is 2.82. The number of benzene rings is 2. The highest BCUT2D eigenvalue weighted by atomic mass is 16.1. The van der Waals surface area contributed by atoms with Gasteiger partial charge in [-0.15, -0.1) is 0 Å². The number of rotatable bonds is 3. The maximum absolute atomic E-state index is 11.0. The van der Waals surface area contributed by atoms with Crippen LogP contribution in [0.1, 0.15) is 15.9 Å². The van der Waals surface area contributed by atoms with Crippen molar-refractivity contribution in [1.29, 1.82) is 5.26 Å². The van der Waals surface area contributed by atoms with Gasteiger partial charge in [0.2, 0.25) is 5.91 Å². The average molecular weight is 252 g/mol. The number of carbonyl (C=O) groups excluding carboxylic acids is 1. The molecule has 0 heterocycles. The molecular formula is C14H12N4O. The number of nitriles is 1. The Morgan fingerprint density at radius 2 is 1.84 bits per heavy atom. The molecule has 2 aromatic carbocycles. The zero-order valence-corrected chi connectivity index (χ0v) is 10.1. The summed E-state index contributed by atoms with van der Waals surface area (Å²) in [5.74, 6) is -0.517. The number of amides is 1. The Labute approximate surface area is 110 Å². The molecule has 19 heavy (non-hydrogen) atoms. The molecule has 0 aliphatic heterocycles. The standard InChI is InChI=1S/C14H12N4O/c15-8-9-1-4-11(5-2-9)18-13-6-3-10(14(17)19)7-12(13)16/h1-7,18H,16H2,(H2,17,19). The van der Waals surface area contributed by atoms with Crippen LogP contribution in [0.15, 0.2) is 42.5 Å². The molecule has 0 radical (unpaired) electrons. The first-order valence-corrected chi connectivity index (χ1v) is 5.56. The van der Waals surface area contributed by atoms with E-state index in [4.69, 9.17) is 16.7 Å². The van der Waals surface area contributed by atoms with Crippen LogP contribution in [0.4, 0.5) is 17.1 Å². The first kappa shape index (κ1) is 12.5. The van der Waals surface area contributed by atoms with E-state index >= 15 is 0 Å². The van der Waals surface area contributed by atoms with E-state index in [1.54, 1.807) is 36.4 Å². The van der Waals surface area contributed by atoms with Crippen LogP contribution < -0.4 is 16.8 Å². The first-order valence-electron chi connectivity index (χ1n) is 5.56. The maximum atomic E-state index is 11.0. The lowest BCUT2D eigenvalue weighted by molar-refractivity contribution is 0.100. The van der Waals surface area contributed by atoms with Gasteiger partial charge in [-0.05, 0) is 42.5 Å². The summed E-state index contributed by atoms with van der Waals surface area (Å²) in [5.41, 5.74) is 13.9. The van der Waals surface area contributed by atoms with Gasteiger partial charge in [0, 0.05) is 11.3 Å². The van der Waals surface area contributed by atoms with Crippen LogP contribution in [0.5, 0.6) is 0 Å². The van der Waals surface area contributed by atoms with Crippen LogP contribution in [0.25, 0.3) is 0 Å². The van der Waals surface area contributed by atoms with E-state index in [0.29, 0.717) is 22.5 Å². The number of nitrogens with two attached hydrogens (primary N) is 2. The van der Waals surface area contributed by atoms with Gasteiger partial charge in [0.15, 0.2) is 0 Å². The summed E-state index contributed by atoms with van der Waals surface area (Å²) in [6.45, 7) is 0. The Hall–Kier alpha value is -3.00. The van der Waals surface area contributed by atoms with E-state index in [2.05, 4.69) is 5.32 Å². The minimum atomic E-state index is -0.517. The maximum Gasteiger partial charge on any atom is 0.248 e. The van der Waals surface area contributed by atoms with E-state index < -0.39 is 5.91 Å². The normalized spacial score (nSPS) is 9.63. The second-order valence-electron chi connectivity index (χ2n) is 3.98. The van der Waals surface area contributed by atoms with Crippen molar-refractivity contribution in [2.45, 2.75) is 0 Å². The van der Waals surface area contributed by atoms with Crippen LogP contribution >= 0.6 is 0 Å². The van der Waals surface area contributed by atoms with Gasteiger partial charge in [-0.3, -0.25) is 4.79 Å². The molecule has 0 unspecified atom stereocenters. The third-order valence-electron chi connectivity index (χ3n) is 2.63. The second-order valence-corrected chi connectivity index (χ2v) is 3.98. The largest absolute Gasteiger partial charge is 0.397 e. The fraction of sp³-hybridized carbons (Fsp3) is 0. The monoisotopic (exact) mass is 252 g/mol. The Balaban J connectivity index is 2.23. The Morgan fingerprint density at radius 1 is 1.16 bits per heavy atom. The van der Waals surface area contributed by atoms with Crippen LogP contribution in [0.3, 0.4) is 0 Å². The minimum absolute atomic E-state index is 0.364. The highest BCUT2D eigenvalue weighted by Gasteiger charge is 2.05. The quantitative estimate of drug-likeness (QED) is 0.726. The third-order valence-corrected chi connectivity index (χ3v) is 2.63. The van der Waals surface area contributed by atoms with Gasteiger partial charge in [0.1, 0.15) is 0 Å². The fourth-order valence-electron chi connectivity index (χ4n) is 1.61. The summed E-state index contributed by atoms with van der Waals surface area (Å²) in [5, 5.41) is 11.8. The number of nitrogens with zero attached hydrogens (tertiary/aromatic N) is 1. The molecule has 0 bridgehead atoms. The molecule has 0 fully saturated rings. The van der Waals surface area contributed by atoms with Crippen LogP contribution in [0.2, 0.25) is 0 Å². The van der Waals surface area contributed by atoms with Gasteiger partial charge < -0.3 is 16.8 Å². The number of hydrogen-bond acceptors (Lipinski definition) is 4. The summed E-state index contributed by atoms with van der Waals surface area (Å²) < 4.78 is 0. The molecule has 2 aromatic rings. The summed E-state index contributed by atoms with van der Waals surface area (Å²) in [4.78, 5) is 11.0. The van der Waals surface area contributed by atoms with Crippen LogP contribution in [0, 0.1) is 11.3 Å². The smallest absolute Gasteiger partial charge is 0.248 e. The van der Waals surface area contributed by atoms with Crippen molar-refractivity contribution in [3.63, 3.8) is 0 Å². The Bertz CT molecular complexity index is 656. The number of nitrogens with one attached hydrogen (secondary N) is 1. The lowest BCUT2D eigenvalue weighted by Crippen LogP contribution is -2.11. The molecular weight excluding hydrogens is 240 g/mol. The molecule has 0 saturated carbocycles. The van der Waals surface area contributed by atoms with Gasteiger partial charge in [-0.1, -0.05) is 0 Å². The van der Waals surface area contributed by atoms with Crippen molar-refractivity contribution in [3.8, 4) is 6.07 Å². The Kier molecular flexibility index (Phi) is 3.35. The van der Waals surface area contributed by atoms with Gasteiger partial charge in [-0.2, -0.15) is 5.26 Å². The number of nitrogen functional groups attached to an aromatic ring is 1. The lowest BCUT2D eigenvalue weighted by Gasteiger charge is -2.10. The SMILES string of the molecule is N#Cc1ccc(Nc2ccc(C(N)=O)cc2N)cc1. The summed E-state index contributed by atoms with van der Waals surface area (Å²) in [6, 6.07) is 13.8. The highest BCUT2D eigenvalue weighted by Crippen LogP contribution is 2.24. The van der Waals surface area contributed by atoms with Crippen molar-refractivity contribution in [1.82, 2.24) is 0 Å². The minimum Gasteiger partial charge on any atom is -0.397 e. The predicted octanol–water partition coefficient (Wildman–Crippen LogP) is 1.98. The van der Waals surface area contributed by atoms with E-state index in [-0.39, 0.29) is 0 Å². The van der Waals surface area contributed by atoms with Gasteiger partial charge in [0.25, 0.3) is 0 Å². The molecule has 0 saturated heterocycles. The van der Waals surface area contributed by atoms with Gasteiger partial charge in [0.05, 0.1) is 23.0 Å². The summed E-state index contributed by atoms with van der Waals surface area (Å²) >= 11 is 0. The van der Waals surface area contributed by atoms with Gasteiger partial charge >= 0.3 is 0 Å². The highest BCUT2D eigenvalue weighted by molar-refractivity contribution is 5.95. The molecule has 0 aliphatic rings. The average Bonchev–Trinajstić information content (AvgIpc) is 2.41. The summed E-state index contributed by atoms with van der Waals surface area (Å²) in [7, 11) is 0. The lowest BCUT2D eigenvalue weighted by atomic mass is 10.1. The molecule has 0 aliphatic carbocycles. The zero-order chi connectivity index (χ0) is 13.8. The molecule has 5 N–H and O–H groups in total. The van der Waals surface area contributed by atoms with Crippen molar-refractivity contribution in [2.75, 3.05) is 11.1 Å². The first-order chi connectivity index (χ1) is 9.10. The molecule has 5 nitrogen and oxygen atoms in total. The van der Waals surface area contributed by atoms with Crippen molar-refractivity contribution in [3.05, 3.63) is 53.6 Å². The molecule has 0 aromatic heterocycles. The molecule has 1 amide bonds. The van der Waals surface area contributed by atoms with Crippen LogP contribution in [-0.2, 0) is 0 Å². The number of primary amides is 1. The fourth-order valence-corrected chi connectivity index (χ4v) is 1.61. The molecule has 0 atom stereocenters. The molecule has 94 valence electrons. The van der Waals surface area contributed by atoms with Crippen molar-refractivity contribution in [2.24, 2.45) is 5.73 Å². The predicted molar refractivity (Wildman–Crippen MR) is 73.8 cm³/mol. The molecule has 0 spiro atoms. The number of hydrogen-bond donors (Lipinski definition) is 3. The molecule has 2 rings (SSSR count). The van der Waals surface area contributed by atoms with E-state index in [9.17, 15) is 4.79 Å². The van der Waals surface area contributed by atoms with Gasteiger partial charge in [-0.25, -0.2) is 0 Å². The summed E-state index contributed by atoms with van der Waals surface area (Å²) in [6.07, 6.45) is 0. The number of carbonyl (C=O) groups is 1. The van der Waals surface area contributed by atoms with E-state index in [0.717, 1.165) is 5.69 Å². The van der Waals surface area contributed by atoms with E-state index in [1.165, 1.54) is 6.07 Å². The zero-order valence-electron chi connectivity index (χ0n) is 10.1. The van der Waals surface area contributed by atoms with E-state index in [1.807, 2.05) is 6.07 Å². The number of anilines is 3. The topological polar surface area (TPSA) is 105 Å². The van der Waals surface area contributed by atoms with Crippen molar-refractivity contribution >= 4 is 23.0 Å². The molecule has 5 heteroatoms. The Morgan fingerprint density at radius 3 is 2.37 bits per heavy atom. The second kappa shape index (κ2) is 5.10. The van der Waals surface area contributed by atoms with Crippen molar-refractivity contribution < 1.29 is 4.79 Å².